The number of esters is 1. The predicted molar refractivity (Wildman–Crippen MR) is 61.7 cm³/mol. The Bertz CT molecular complexity index is 203. The second kappa shape index (κ2) is 5.53. The first-order chi connectivity index (χ1) is 7.08. The maximum Gasteiger partial charge on any atom is 0.306 e. The van der Waals surface area contributed by atoms with E-state index in [1.165, 1.54) is 12.8 Å². The van der Waals surface area contributed by atoms with Crippen LogP contribution in [-0.4, -0.2) is 11.6 Å². The first kappa shape index (κ1) is 12.5. The maximum absolute atomic E-state index is 11.6. The Hall–Kier alpha value is -0.530. The van der Waals surface area contributed by atoms with E-state index in [-0.39, 0.29) is 11.6 Å². The lowest BCUT2D eigenvalue weighted by Crippen LogP contribution is -2.31. The van der Waals surface area contributed by atoms with Gasteiger partial charge in [0, 0.05) is 6.42 Å². The molecule has 0 amide bonds. The summed E-state index contributed by atoms with van der Waals surface area (Å²) in [5, 5.41) is 0. The zero-order valence-corrected chi connectivity index (χ0v) is 10.3. The number of ether oxygens (including phenoxy) is 1. The summed E-state index contributed by atoms with van der Waals surface area (Å²) < 4.78 is 5.66. The molecule has 0 N–H and O–H groups in total. The SMILES string of the molecule is CCC1(OC(=O)CCC(C)C)CCCC1. The second-order valence-electron chi connectivity index (χ2n) is 5.15. The Morgan fingerprint density at radius 2 is 1.93 bits per heavy atom. The Morgan fingerprint density at radius 1 is 1.33 bits per heavy atom. The van der Waals surface area contributed by atoms with Crippen molar-refractivity contribution in [3.05, 3.63) is 0 Å². The summed E-state index contributed by atoms with van der Waals surface area (Å²) in [4.78, 5) is 11.6. The molecule has 0 aromatic heterocycles. The molecule has 0 aliphatic heterocycles. The van der Waals surface area contributed by atoms with Gasteiger partial charge in [-0.3, -0.25) is 4.79 Å². The minimum Gasteiger partial charge on any atom is -0.459 e. The quantitative estimate of drug-likeness (QED) is 0.650. The third kappa shape index (κ3) is 3.84. The Labute approximate surface area is 93.4 Å². The van der Waals surface area contributed by atoms with E-state index < -0.39 is 0 Å². The molecule has 1 fully saturated rings. The molecule has 0 spiro atoms. The summed E-state index contributed by atoms with van der Waals surface area (Å²) in [6.45, 7) is 6.40. The monoisotopic (exact) mass is 212 g/mol. The smallest absolute Gasteiger partial charge is 0.306 e. The van der Waals surface area contributed by atoms with Crippen LogP contribution in [0.25, 0.3) is 0 Å². The van der Waals surface area contributed by atoms with Crippen molar-refractivity contribution in [3.8, 4) is 0 Å². The van der Waals surface area contributed by atoms with Gasteiger partial charge in [-0.15, -0.1) is 0 Å². The minimum atomic E-state index is -0.103. The van der Waals surface area contributed by atoms with Gasteiger partial charge in [0.25, 0.3) is 0 Å². The summed E-state index contributed by atoms with van der Waals surface area (Å²) in [7, 11) is 0. The number of carbonyl (C=O) groups is 1. The van der Waals surface area contributed by atoms with Crippen LogP contribution < -0.4 is 0 Å². The highest BCUT2D eigenvalue weighted by Crippen LogP contribution is 2.36. The van der Waals surface area contributed by atoms with Gasteiger partial charge in [-0.05, 0) is 44.4 Å². The molecule has 1 aliphatic carbocycles. The van der Waals surface area contributed by atoms with E-state index in [9.17, 15) is 4.79 Å². The number of rotatable bonds is 5. The van der Waals surface area contributed by atoms with Gasteiger partial charge in [-0.2, -0.15) is 0 Å². The molecule has 2 heteroatoms. The molecular formula is C13H24O2. The van der Waals surface area contributed by atoms with Crippen molar-refractivity contribution in [2.24, 2.45) is 5.92 Å². The van der Waals surface area contributed by atoms with Crippen molar-refractivity contribution in [2.45, 2.75) is 71.3 Å². The first-order valence-electron chi connectivity index (χ1n) is 6.30. The summed E-state index contributed by atoms with van der Waals surface area (Å²) >= 11 is 0. The van der Waals surface area contributed by atoms with Crippen LogP contribution in [0.3, 0.4) is 0 Å². The van der Waals surface area contributed by atoms with Gasteiger partial charge in [0.1, 0.15) is 5.60 Å². The highest BCUT2D eigenvalue weighted by Gasteiger charge is 2.35. The van der Waals surface area contributed by atoms with Crippen molar-refractivity contribution < 1.29 is 9.53 Å². The molecule has 0 unspecified atom stereocenters. The van der Waals surface area contributed by atoms with Gasteiger partial charge in [0.05, 0.1) is 0 Å². The van der Waals surface area contributed by atoms with Gasteiger partial charge in [0.2, 0.25) is 0 Å². The lowest BCUT2D eigenvalue weighted by Gasteiger charge is -2.27. The molecule has 2 nitrogen and oxygen atoms in total. The summed E-state index contributed by atoms with van der Waals surface area (Å²) in [5.74, 6) is 0.589. The lowest BCUT2D eigenvalue weighted by molar-refractivity contribution is -0.160. The Balaban J connectivity index is 2.35. The zero-order chi connectivity index (χ0) is 11.3. The largest absolute Gasteiger partial charge is 0.459 e. The fraction of sp³-hybridized carbons (Fsp3) is 0.923. The van der Waals surface area contributed by atoms with Crippen molar-refractivity contribution >= 4 is 5.97 Å². The number of hydrogen-bond donors (Lipinski definition) is 0. The van der Waals surface area contributed by atoms with Crippen molar-refractivity contribution in [1.29, 1.82) is 0 Å². The standard InChI is InChI=1S/C13H24O2/c1-4-13(9-5-6-10-13)15-12(14)8-7-11(2)3/h11H,4-10H2,1-3H3. The molecule has 1 saturated carbocycles. The van der Waals surface area contributed by atoms with Gasteiger partial charge in [-0.1, -0.05) is 20.8 Å². The topological polar surface area (TPSA) is 26.3 Å². The zero-order valence-electron chi connectivity index (χ0n) is 10.3. The van der Waals surface area contributed by atoms with Crippen LogP contribution in [-0.2, 0) is 9.53 Å². The third-order valence-corrected chi connectivity index (χ3v) is 3.42. The fourth-order valence-corrected chi connectivity index (χ4v) is 2.25. The molecule has 88 valence electrons. The number of hydrogen-bond acceptors (Lipinski definition) is 2. The molecule has 0 atom stereocenters. The van der Waals surface area contributed by atoms with Crippen LogP contribution in [0.5, 0.6) is 0 Å². The molecule has 1 rings (SSSR count). The van der Waals surface area contributed by atoms with E-state index in [0.29, 0.717) is 12.3 Å². The van der Waals surface area contributed by atoms with E-state index >= 15 is 0 Å². The van der Waals surface area contributed by atoms with E-state index in [1.807, 2.05) is 0 Å². The van der Waals surface area contributed by atoms with Crippen LogP contribution in [0.2, 0.25) is 0 Å². The molecule has 15 heavy (non-hydrogen) atoms. The molecular weight excluding hydrogens is 188 g/mol. The minimum absolute atomic E-state index is 0.00690. The average molecular weight is 212 g/mol. The van der Waals surface area contributed by atoms with E-state index in [0.717, 1.165) is 25.7 Å². The van der Waals surface area contributed by atoms with Crippen molar-refractivity contribution in [3.63, 3.8) is 0 Å². The normalized spacial score (nSPS) is 19.5. The van der Waals surface area contributed by atoms with Crippen molar-refractivity contribution in [2.75, 3.05) is 0 Å². The van der Waals surface area contributed by atoms with E-state index in [2.05, 4.69) is 20.8 Å². The van der Waals surface area contributed by atoms with E-state index in [4.69, 9.17) is 4.74 Å². The van der Waals surface area contributed by atoms with Gasteiger partial charge < -0.3 is 4.74 Å². The van der Waals surface area contributed by atoms with Crippen LogP contribution in [0.15, 0.2) is 0 Å². The Kier molecular flexibility index (Phi) is 4.62. The molecule has 0 aromatic carbocycles. The van der Waals surface area contributed by atoms with Crippen LogP contribution in [0.4, 0.5) is 0 Å². The highest BCUT2D eigenvalue weighted by atomic mass is 16.6. The van der Waals surface area contributed by atoms with Crippen molar-refractivity contribution in [1.82, 2.24) is 0 Å². The van der Waals surface area contributed by atoms with E-state index in [1.54, 1.807) is 0 Å². The fourth-order valence-electron chi connectivity index (χ4n) is 2.25. The molecule has 0 bridgehead atoms. The molecule has 0 saturated heterocycles. The van der Waals surface area contributed by atoms with Crippen LogP contribution in [0.1, 0.15) is 65.7 Å². The third-order valence-electron chi connectivity index (χ3n) is 3.42. The van der Waals surface area contributed by atoms with Gasteiger partial charge in [-0.25, -0.2) is 0 Å². The predicted octanol–water partition coefficient (Wildman–Crippen LogP) is 3.69. The van der Waals surface area contributed by atoms with Gasteiger partial charge in [0.15, 0.2) is 0 Å². The molecule has 0 heterocycles. The summed E-state index contributed by atoms with van der Waals surface area (Å²) in [6, 6.07) is 0. The molecule has 0 aromatic rings. The second-order valence-corrected chi connectivity index (χ2v) is 5.15. The average Bonchev–Trinajstić information content (AvgIpc) is 2.64. The van der Waals surface area contributed by atoms with Gasteiger partial charge >= 0.3 is 5.97 Å². The molecule has 0 radical (unpaired) electrons. The lowest BCUT2D eigenvalue weighted by atomic mass is 9.98. The van der Waals surface area contributed by atoms with Crippen LogP contribution in [0, 0.1) is 5.92 Å². The number of carbonyl (C=O) groups excluding carboxylic acids is 1. The Morgan fingerprint density at radius 3 is 2.40 bits per heavy atom. The summed E-state index contributed by atoms with van der Waals surface area (Å²) in [5.41, 5.74) is -0.103. The summed E-state index contributed by atoms with van der Waals surface area (Å²) in [6.07, 6.45) is 7.06. The highest BCUT2D eigenvalue weighted by molar-refractivity contribution is 5.69. The maximum atomic E-state index is 11.6. The molecule has 1 aliphatic rings. The van der Waals surface area contributed by atoms with Crippen LogP contribution >= 0.6 is 0 Å². The first-order valence-corrected chi connectivity index (χ1v) is 6.30.